The second-order valence-corrected chi connectivity index (χ2v) is 3.70. The average Bonchev–Trinajstić information content (AvgIpc) is 2.39. The summed E-state index contributed by atoms with van der Waals surface area (Å²) in [5.74, 6) is -2.22. The molecule has 0 fully saturated rings. The van der Waals surface area contributed by atoms with Gasteiger partial charge in [-0.1, -0.05) is 24.3 Å². The zero-order chi connectivity index (χ0) is 13.8. The number of rotatable bonds is 4. The summed E-state index contributed by atoms with van der Waals surface area (Å²) < 4.78 is 5.42. The maximum atomic E-state index is 11.2. The topological polar surface area (TPSA) is 83.8 Å². The Hall–Kier alpha value is -2.82. The molecular weight excluding hydrogens is 248 g/mol. The Labute approximate surface area is 108 Å². The predicted octanol–water partition coefficient (Wildman–Crippen LogP) is 2.88. The van der Waals surface area contributed by atoms with Gasteiger partial charge in [0.25, 0.3) is 0 Å². The first-order chi connectivity index (χ1) is 9.09. The first-order valence-electron chi connectivity index (χ1n) is 5.42. The van der Waals surface area contributed by atoms with Gasteiger partial charge in [-0.25, -0.2) is 9.59 Å². The van der Waals surface area contributed by atoms with Gasteiger partial charge in [0.2, 0.25) is 0 Å². The Morgan fingerprint density at radius 3 is 2.11 bits per heavy atom. The van der Waals surface area contributed by atoms with E-state index < -0.39 is 11.9 Å². The molecule has 96 valence electrons. The molecule has 0 aliphatic carbocycles. The molecule has 2 N–H and O–H groups in total. The number of ether oxygens (including phenoxy) is 1. The molecule has 0 radical (unpaired) electrons. The molecule has 0 bridgehead atoms. The molecule has 0 atom stereocenters. The van der Waals surface area contributed by atoms with E-state index in [1.807, 2.05) is 0 Å². The molecule has 0 heterocycles. The number of aromatic carboxylic acids is 2. The lowest BCUT2D eigenvalue weighted by molar-refractivity contribution is 0.0649. The normalized spacial score (nSPS) is 9.89. The summed E-state index contributed by atoms with van der Waals surface area (Å²) >= 11 is 0. The molecule has 0 spiro atoms. The molecule has 0 aliphatic rings. The summed E-state index contributed by atoms with van der Waals surface area (Å²) in [4.78, 5) is 22.2. The number of carbonyl (C=O) groups is 2. The van der Waals surface area contributed by atoms with Crippen molar-refractivity contribution in [1.82, 2.24) is 0 Å². The van der Waals surface area contributed by atoms with Crippen LogP contribution in [-0.2, 0) is 0 Å². The summed E-state index contributed by atoms with van der Waals surface area (Å²) in [6.45, 7) is 0. The highest BCUT2D eigenvalue weighted by molar-refractivity contribution is 6.03. The summed E-state index contributed by atoms with van der Waals surface area (Å²) in [5.41, 5.74) is -0.667. The fourth-order valence-corrected chi connectivity index (χ4v) is 1.63. The summed E-state index contributed by atoms with van der Waals surface area (Å²) in [6.07, 6.45) is 0. The van der Waals surface area contributed by atoms with E-state index >= 15 is 0 Å². The molecule has 2 rings (SSSR count). The smallest absolute Gasteiger partial charge is 0.340 e. The standard InChI is InChI=1S/C14H10O5/c15-13(16)10-7-4-8-11(12(10)14(17)18)19-9-5-2-1-3-6-9/h1-8H,(H,15,16)(H,17,18). The minimum atomic E-state index is -1.34. The second kappa shape index (κ2) is 5.22. The van der Waals surface area contributed by atoms with Crippen LogP contribution in [0.4, 0.5) is 0 Å². The first kappa shape index (κ1) is 12.6. The Morgan fingerprint density at radius 2 is 1.53 bits per heavy atom. The minimum Gasteiger partial charge on any atom is -0.478 e. The first-order valence-corrected chi connectivity index (χ1v) is 5.42. The van der Waals surface area contributed by atoms with Crippen molar-refractivity contribution in [3.63, 3.8) is 0 Å². The van der Waals surface area contributed by atoms with E-state index in [2.05, 4.69) is 0 Å². The van der Waals surface area contributed by atoms with Crippen LogP contribution in [0.25, 0.3) is 0 Å². The lowest BCUT2D eigenvalue weighted by atomic mass is 10.1. The van der Waals surface area contributed by atoms with E-state index in [9.17, 15) is 9.59 Å². The molecule has 0 aliphatic heterocycles. The van der Waals surface area contributed by atoms with E-state index in [-0.39, 0.29) is 16.9 Å². The van der Waals surface area contributed by atoms with Gasteiger partial charge < -0.3 is 14.9 Å². The van der Waals surface area contributed by atoms with Gasteiger partial charge in [0.15, 0.2) is 0 Å². The quantitative estimate of drug-likeness (QED) is 0.880. The van der Waals surface area contributed by atoms with E-state index in [1.165, 1.54) is 18.2 Å². The Bertz CT molecular complexity index is 619. The number of benzene rings is 2. The van der Waals surface area contributed by atoms with Crippen LogP contribution < -0.4 is 4.74 Å². The van der Waals surface area contributed by atoms with Crippen LogP contribution >= 0.6 is 0 Å². The van der Waals surface area contributed by atoms with Crippen molar-refractivity contribution in [2.75, 3.05) is 0 Å². The van der Waals surface area contributed by atoms with Gasteiger partial charge in [-0.05, 0) is 24.3 Å². The lowest BCUT2D eigenvalue weighted by Crippen LogP contribution is -2.09. The van der Waals surface area contributed by atoms with E-state index in [0.29, 0.717) is 5.75 Å². The summed E-state index contributed by atoms with van der Waals surface area (Å²) in [6, 6.07) is 12.6. The maximum absolute atomic E-state index is 11.2. The van der Waals surface area contributed by atoms with Crippen molar-refractivity contribution in [2.24, 2.45) is 0 Å². The van der Waals surface area contributed by atoms with Crippen LogP contribution in [0.15, 0.2) is 48.5 Å². The van der Waals surface area contributed by atoms with Gasteiger partial charge in [-0.15, -0.1) is 0 Å². The summed E-state index contributed by atoms with van der Waals surface area (Å²) in [5, 5.41) is 18.1. The SMILES string of the molecule is O=C(O)c1cccc(Oc2ccccc2)c1C(=O)O. The van der Waals surface area contributed by atoms with Crippen LogP contribution in [0.5, 0.6) is 11.5 Å². The number of hydrogen-bond donors (Lipinski definition) is 2. The third-order valence-electron chi connectivity index (χ3n) is 2.44. The fourth-order valence-electron chi connectivity index (χ4n) is 1.63. The van der Waals surface area contributed by atoms with Gasteiger partial charge >= 0.3 is 11.9 Å². The van der Waals surface area contributed by atoms with Crippen LogP contribution in [0, 0.1) is 0 Å². The number of hydrogen-bond acceptors (Lipinski definition) is 3. The highest BCUT2D eigenvalue weighted by atomic mass is 16.5. The molecule has 19 heavy (non-hydrogen) atoms. The Kier molecular flexibility index (Phi) is 3.47. The molecule has 0 amide bonds. The van der Waals surface area contributed by atoms with E-state index in [1.54, 1.807) is 30.3 Å². The van der Waals surface area contributed by atoms with Crippen molar-refractivity contribution in [3.8, 4) is 11.5 Å². The monoisotopic (exact) mass is 258 g/mol. The summed E-state index contributed by atoms with van der Waals surface area (Å²) in [7, 11) is 0. The van der Waals surface area contributed by atoms with Crippen LogP contribution in [0.3, 0.4) is 0 Å². The molecule has 2 aromatic rings. The zero-order valence-corrected chi connectivity index (χ0v) is 9.74. The third-order valence-corrected chi connectivity index (χ3v) is 2.44. The fraction of sp³-hybridized carbons (Fsp3) is 0. The van der Waals surface area contributed by atoms with Gasteiger partial charge in [0.1, 0.15) is 17.1 Å². The van der Waals surface area contributed by atoms with Crippen molar-refractivity contribution in [1.29, 1.82) is 0 Å². The van der Waals surface area contributed by atoms with Crippen molar-refractivity contribution in [3.05, 3.63) is 59.7 Å². The number of para-hydroxylation sites is 1. The van der Waals surface area contributed by atoms with Gasteiger partial charge in [0, 0.05) is 0 Å². The molecule has 5 heteroatoms. The molecule has 0 unspecified atom stereocenters. The van der Waals surface area contributed by atoms with Gasteiger partial charge in [0.05, 0.1) is 5.56 Å². The highest BCUT2D eigenvalue weighted by Gasteiger charge is 2.21. The Balaban J connectivity index is 2.48. The van der Waals surface area contributed by atoms with E-state index in [0.717, 1.165) is 0 Å². The van der Waals surface area contributed by atoms with Crippen molar-refractivity contribution in [2.45, 2.75) is 0 Å². The van der Waals surface area contributed by atoms with Crippen molar-refractivity contribution < 1.29 is 24.5 Å². The van der Waals surface area contributed by atoms with Gasteiger partial charge in [-0.2, -0.15) is 0 Å². The maximum Gasteiger partial charge on any atom is 0.340 e. The number of carboxylic acid groups (broad SMARTS) is 2. The molecular formula is C14H10O5. The molecule has 5 nitrogen and oxygen atoms in total. The largest absolute Gasteiger partial charge is 0.478 e. The Morgan fingerprint density at radius 1 is 0.842 bits per heavy atom. The predicted molar refractivity (Wildman–Crippen MR) is 66.9 cm³/mol. The number of carboxylic acids is 2. The molecule has 2 aromatic carbocycles. The third kappa shape index (κ3) is 2.71. The minimum absolute atomic E-state index is 0.00130. The average molecular weight is 258 g/mol. The highest BCUT2D eigenvalue weighted by Crippen LogP contribution is 2.27. The molecule has 0 saturated heterocycles. The molecule has 0 aromatic heterocycles. The van der Waals surface area contributed by atoms with Crippen LogP contribution in [-0.4, -0.2) is 22.2 Å². The van der Waals surface area contributed by atoms with Gasteiger partial charge in [-0.3, -0.25) is 0 Å². The van der Waals surface area contributed by atoms with Crippen LogP contribution in [0.2, 0.25) is 0 Å². The zero-order valence-electron chi connectivity index (χ0n) is 9.74. The second-order valence-electron chi connectivity index (χ2n) is 3.70. The van der Waals surface area contributed by atoms with Crippen molar-refractivity contribution >= 4 is 11.9 Å². The van der Waals surface area contributed by atoms with E-state index in [4.69, 9.17) is 14.9 Å². The lowest BCUT2D eigenvalue weighted by Gasteiger charge is -2.10. The molecule has 0 saturated carbocycles. The van der Waals surface area contributed by atoms with Crippen LogP contribution in [0.1, 0.15) is 20.7 Å².